The van der Waals surface area contributed by atoms with Crippen LogP contribution in [0, 0.1) is 5.82 Å². The number of nitrogens with two attached hydrogens (primary N) is 1. The van der Waals surface area contributed by atoms with Gasteiger partial charge in [0.05, 0.1) is 22.3 Å². The molecule has 1 heterocycles. The summed E-state index contributed by atoms with van der Waals surface area (Å²) in [6.07, 6.45) is 0.585. The van der Waals surface area contributed by atoms with Gasteiger partial charge in [0.1, 0.15) is 5.82 Å². The Morgan fingerprint density at radius 3 is 2.34 bits per heavy atom. The molecule has 29 heavy (non-hydrogen) atoms. The number of hydrogen-bond acceptors (Lipinski definition) is 4. The van der Waals surface area contributed by atoms with Gasteiger partial charge in [-0.15, -0.1) is 0 Å². The van der Waals surface area contributed by atoms with Gasteiger partial charge in [0, 0.05) is 10.9 Å². The van der Waals surface area contributed by atoms with Gasteiger partial charge >= 0.3 is 0 Å². The monoisotopic (exact) mass is 473 g/mol. The van der Waals surface area contributed by atoms with Crippen LogP contribution in [0.3, 0.4) is 0 Å². The lowest BCUT2D eigenvalue weighted by atomic mass is 9.98. The number of sulfonamides is 1. The van der Waals surface area contributed by atoms with Crippen LogP contribution in [0.5, 0.6) is 0 Å². The van der Waals surface area contributed by atoms with E-state index in [9.17, 15) is 12.8 Å². The largest absolute Gasteiger partial charge is 0.257 e. The quantitative estimate of drug-likeness (QED) is 0.601. The minimum atomic E-state index is -3.78. The summed E-state index contributed by atoms with van der Waals surface area (Å²) < 4.78 is 37.9. The molecule has 0 unspecified atom stereocenters. The molecule has 3 aromatic rings. The van der Waals surface area contributed by atoms with Crippen LogP contribution in [0.25, 0.3) is 0 Å². The van der Waals surface area contributed by atoms with E-state index >= 15 is 0 Å². The van der Waals surface area contributed by atoms with E-state index in [-0.39, 0.29) is 16.8 Å². The third-order valence-electron chi connectivity index (χ3n) is 4.75. The summed E-state index contributed by atoms with van der Waals surface area (Å²) in [4.78, 5) is 0.0277. The third kappa shape index (κ3) is 4.24. The number of halogens is 2. The zero-order valence-corrected chi connectivity index (χ0v) is 17.6. The van der Waals surface area contributed by atoms with E-state index in [1.165, 1.54) is 24.3 Å². The van der Waals surface area contributed by atoms with Crippen molar-refractivity contribution in [3.63, 3.8) is 0 Å². The molecule has 8 heteroatoms. The highest BCUT2D eigenvalue weighted by Gasteiger charge is 2.30. The van der Waals surface area contributed by atoms with Gasteiger partial charge < -0.3 is 0 Å². The topological polar surface area (TPSA) is 75.8 Å². The van der Waals surface area contributed by atoms with Crippen LogP contribution >= 0.6 is 15.9 Å². The predicted octanol–water partition coefficient (Wildman–Crippen LogP) is 4.59. The Morgan fingerprint density at radius 2 is 1.72 bits per heavy atom. The highest BCUT2D eigenvalue weighted by molar-refractivity contribution is 9.10. The van der Waals surface area contributed by atoms with Crippen molar-refractivity contribution in [2.24, 2.45) is 10.2 Å². The van der Waals surface area contributed by atoms with Crippen LogP contribution in [-0.2, 0) is 10.0 Å². The van der Waals surface area contributed by atoms with Crippen molar-refractivity contribution in [2.75, 3.05) is 5.01 Å². The molecule has 0 spiro atoms. The molecule has 148 valence electrons. The lowest BCUT2D eigenvalue weighted by Crippen LogP contribution is -2.19. The maximum Gasteiger partial charge on any atom is 0.238 e. The molecular formula is C21H17BrFN3O2S. The first-order valence-corrected chi connectivity index (χ1v) is 11.2. The fourth-order valence-corrected chi connectivity index (χ4v) is 4.11. The molecule has 0 aliphatic carbocycles. The van der Waals surface area contributed by atoms with Gasteiger partial charge in [0.2, 0.25) is 10.0 Å². The summed E-state index contributed by atoms with van der Waals surface area (Å²) >= 11 is 3.43. The molecule has 4 rings (SSSR count). The van der Waals surface area contributed by atoms with Gasteiger partial charge in [-0.1, -0.05) is 40.2 Å². The first-order valence-electron chi connectivity index (χ1n) is 8.82. The number of rotatable bonds is 4. The lowest BCUT2D eigenvalue weighted by molar-refractivity contribution is 0.597. The number of primary sulfonamides is 1. The number of hydrazone groups is 1. The van der Waals surface area contributed by atoms with Crippen LogP contribution in [0.1, 0.15) is 23.6 Å². The van der Waals surface area contributed by atoms with Crippen molar-refractivity contribution in [3.8, 4) is 0 Å². The second-order valence-electron chi connectivity index (χ2n) is 6.71. The minimum Gasteiger partial charge on any atom is -0.257 e. The molecule has 1 atom stereocenters. The van der Waals surface area contributed by atoms with Gasteiger partial charge in [-0.05, 0) is 59.7 Å². The fraction of sp³-hybridized carbons (Fsp3) is 0.0952. The molecule has 0 radical (unpaired) electrons. The summed E-state index contributed by atoms with van der Waals surface area (Å²) in [5.41, 5.74) is 3.32. The third-order valence-corrected chi connectivity index (χ3v) is 6.21. The van der Waals surface area contributed by atoms with Gasteiger partial charge in [-0.2, -0.15) is 5.10 Å². The Labute approximate surface area is 176 Å². The summed E-state index contributed by atoms with van der Waals surface area (Å²) in [7, 11) is -3.78. The van der Waals surface area contributed by atoms with Gasteiger partial charge in [-0.25, -0.2) is 17.9 Å². The molecule has 0 amide bonds. The second kappa shape index (κ2) is 7.70. The van der Waals surface area contributed by atoms with E-state index in [4.69, 9.17) is 10.2 Å². The molecule has 0 fully saturated rings. The van der Waals surface area contributed by atoms with Gasteiger partial charge in [0.25, 0.3) is 0 Å². The lowest BCUT2D eigenvalue weighted by Gasteiger charge is -2.24. The average molecular weight is 474 g/mol. The van der Waals surface area contributed by atoms with Crippen LogP contribution in [0.15, 0.2) is 87.3 Å². The summed E-state index contributed by atoms with van der Waals surface area (Å²) in [5.74, 6) is -0.316. The molecule has 1 aliphatic heterocycles. The Kier molecular flexibility index (Phi) is 5.24. The fourth-order valence-electron chi connectivity index (χ4n) is 3.33. The van der Waals surface area contributed by atoms with Crippen molar-refractivity contribution in [3.05, 3.63) is 94.2 Å². The first-order chi connectivity index (χ1) is 13.8. The highest BCUT2D eigenvalue weighted by atomic mass is 79.9. The maximum atomic E-state index is 13.9. The van der Waals surface area contributed by atoms with Crippen LogP contribution in [0.4, 0.5) is 10.1 Å². The van der Waals surface area contributed by atoms with Crippen molar-refractivity contribution in [1.29, 1.82) is 0 Å². The Hall–Kier alpha value is -2.55. The molecule has 3 aromatic carbocycles. The number of anilines is 1. The number of nitrogens with zero attached hydrogens (tertiary/aromatic N) is 2. The Balaban J connectivity index is 1.75. The van der Waals surface area contributed by atoms with E-state index in [0.29, 0.717) is 12.1 Å². The van der Waals surface area contributed by atoms with E-state index in [0.717, 1.165) is 21.3 Å². The molecule has 0 aromatic heterocycles. The van der Waals surface area contributed by atoms with Crippen molar-refractivity contribution in [2.45, 2.75) is 17.4 Å². The van der Waals surface area contributed by atoms with Crippen LogP contribution in [-0.4, -0.2) is 14.1 Å². The Bertz CT molecular complexity index is 1180. The molecule has 0 saturated heterocycles. The number of hydrogen-bond donors (Lipinski definition) is 1. The molecule has 0 bridgehead atoms. The SMILES string of the molecule is NS(=O)(=O)c1ccc(N2N=C(c3ccc(Br)cc3)C[C@@H]2c2cccc(F)c2)cc1. The molecular weight excluding hydrogens is 457 g/mol. The summed E-state index contributed by atoms with van der Waals surface area (Å²) in [5, 5.41) is 11.8. The van der Waals surface area contributed by atoms with E-state index in [1.807, 2.05) is 30.3 Å². The first kappa shape index (κ1) is 19.8. The maximum absolute atomic E-state index is 13.9. The molecule has 1 aliphatic rings. The zero-order valence-electron chi connectivity index (χ0n) is 15.2. The van der Waals surface area contributed by atoms with E-state index in [2.05, 4.69) is 15.9 Å². The van der Waals surface area contributed by atoms with Gasteiger partial charge in [0.15, 0.2) is 0 Å². The highest BCUT2D eigenvalue weighted by Crippen LogP contribution is 2.37. The average Bonchev–Trinajstić information content (AvgIpc) is 3.13. The predicted molar refractivity (Wildman–Crippen MR) is 115 cm³/mol. The van der Waals surface area contributed by atoms with Crippen LogP contribution < -0.4 is 10.1 Å². The minimum absolute atomic E-state index is 0.0277. The second-order valence-corrected chi connectivity index (χ2v) is 9.19. The smallest absolute Gasteiger partial charge is 0.238 e. The van der Waals surface area contributed by atoms with Gasteiger partial charge in [-0.3, -0.25) is 5.01 Å². The normalized spacial score (nSPS) is 16.7. The zero-order chi connectivity index (χ0) is 20.6. The molecule has 0 saturated carbocycles. The van der Waals surface area contributed by atoms with Crippen molar-refractivity contribution >= 4 is 37.4 Å². The molecule has 5 nitrogen and oxygen atoms in total. The summed E-state index contributed by atoms with van der Waals surface area (Å²) in [6.45, 7) is 0. The standard InChI is InChI=1S/C21H17BrFN3O2S/c22-16-6-4-14(5-7-16)20-13-21(15-2-1-3-17(23)12-15)26(25-20)18-8-10-19(11-9-18)29(24,27)28/h1-12,21H,13H2,(H2,24,27,28)/t21-/m1/s1. The van der Waals surface area contributed by atoms with Crippen LogP contribution in [0.2, 0.25) is 0 Å². The van der Waals surface area contributed by atoms with E-state index in [1.54, 1.807) is 23.2 Å². The molecule has 2 N–H and O–H groups in total. The number of benzene rings is 3. The van der Waals surface area contributed by atoms with E-state index < -0.39 is 10.0 Å². The Morgan fingerprint density at radius 1 is 1.03 bits per heavy atom. The summed E-state index contributed by atoms with van der Waals surface area (Å²) in [6, 6.07) is 20.2. The van der Waals surface area contributed by atoms with Crippen molar-refractivity contribution < 1.29 is 12.8 Å². The van der Waals surface area contributed by atoms with Crippen molar-refractivity contribution in [1.82, 2.24) is 0 Å².